The van der Waals surface area contributed by atoms with Gasteiger partial charge in [-0.1, -0.05) is 6.07 Å². The summed E-state index contributed by atoms with van der Waals surface area (Å²) in [5.74, 6) is 0.144. The molecule has 106 valence electrons. The highest BCUT2D eigenvalue weighted by Crippen LogP contribution is 2.20. The van der Waals surface area contributed by atoms with E-state index in [0.717, 1.165) is 11.1 Å². The molecular weight excluding hydrogens is 267 g/mol. The number of sulfone groups is 1. The summed E-state index contributed by atoms with van der Waals surface area (Å²) in [5, 5.41) is 0. The Morgan fingerprint density at radius 2 is 2.16 bits per heavy atom. The third-order valence-electron chi connectivity index (χ3n) is 3.64. The third-order valence-corrected chi connectivity index (χ3v) is 5.39. The van der Waals surface area contributed by atoms with Gasteiger partial charge < -0.3 is 5.73 Å². The number of halogens is 1. The average molecular weight is 286 g/mol. The minimum Gasteiger partial charge on any atom is -0.326 e. The zero-order valence-corrected chi connectivity index (χ0v) is 11.8. The second-order valence-corrected chi connectivity index (χ2v) is 7.32. The molecule has 0 bridgehead atoms. The Morgan fingerprint density at radius 1 is 1.42 bits per heavy atom. The lowest BCUT2D eigenvalue weighted by atomic mass is 10.1. The number of rotatable bonds is 4. The van der Waals surface area contributed by atoms with Gasteiger partial charge in [0.25, 0.3) is 0 Å². The van der Waals surface area contributed by atoms with Crippen molar-refractivity contribution in [2.45, 2.75) is 25.6 Å². The number of benzene rings is 1. The maximum atomic E-state index is 13.3. The summed E-state index contributed by atoms with van der Waals surface area (Å²) in [6.45, 7) is 0.872. The van der Waals surface area contributed by atoms with E-state index in [-0.39, 0.29) is 23.4 Å². The van der Waals surface area contributed by atoms with Crippen molar-refractivity contribution in [2.24, 2.45) is 5.73 Å². The van der Waals surface area contributed by atoms with E-state index in [1.807, 2.05) is 11.9 Å². The van der Waals surface area contributed by atoms with Crippen LogP contribution in [-0.4, -0.2) is 37.9 Å². The number of hydrogen-bond donors (Lipinski definition) is 1. The molecule has 1 fully saturated rings. The van der Waals surface area contributed by atoms with E-state index in [1.165, 1.54) is 12.1 Å². The van der Waals surface area contributed by atoms with Crippen molar-refractivity contribution in [3.05, 3.63) is 35.1 Å². The normalized spacial score (nSPS) is 22.0. The van der Waals surface area contributed by atoms with Gasteiger partial charge in [-0.2, -0.15) is 0 Å². The number of nitrogens with zero attached hydrogens (tertiary/aromatic N) is 1. The lowest BCUT2D eigenvalue weighted by molar-refractivity contribution is 0.253. The van der Waals surface area contributed by atoms with Gasteiger partial charge in [0.15, 0.2) is 9.84 Å². The van der Waals surface area contributed by atoms with Gasteiger partial charge in [-0.05, 0) is 36.7 Å². The summed E-state index contributed by atoms with van der Waals surface area (Å²) in [6.07, 6.45) is 0.645. The van der Waals surface area contributed by atoms with E-state index in [2.05, 4.69) is 0 Å². The van der Waals surface area contributed by atoms with Crippen molar-refractivity contribution >= 4 is 9.84 Å². The van der Waals surface area contributed by atoms with Crippen molar-refractivity contribution in [3.63, 3.8) is 0 Å². The van der Waals surface area contributed by atoms with Crippen LogP contribution in [0.15, 0.2) is 18.2 Å². The zero-order chi connectivity index (χ0) is 14.0. The van der Waals surface area contributed by atoms with Crippen molar-refractivity contribution in [2.75, 3.05) is 18.6 Å². The van der Waals surface area contributed by atoms with E-state index in [9.17, 15) is 12.8 Å². The molecule has 1 aromatic carbocycles. The Labute approximate surface area is 113 Å². The molecule has 1 atom stereocenters. The molecule has 4 nitrogen and oxygen atoms in total. The Kier molecular flexibility index (Phi) is 4.23. The topological polar surface area (TPSA) is 63.4 Å². The molecule has 2 N–H and O–H groups in total. The second kappa shape index (κ2) is 5.56. The first-order valence-corrected chi connectivity index (χ1v) is 8.11. The monoisotopic (exact) mass is 286 g/mol. The fraction of sp³-hybridized carbons (Fsp3) is 0.538. The van der Waals surface area contributed by atoms with Crippen LogP contribution in [0, 0.1) is 5.82 Å². The first-order valence-electron chi connectivity index (χ1n) is 6.29. The van der Waals surface area contributed by atoms with Gasteiger partial charge in [0.1, 0.15) is 5.82 Å². The van der Waals surface area contributed by atoms with Gasteiger partial charge in [0, 0.05) is 19.1 Å². The molecule has 2 rings (SSSR count). The van der Waals surface area contributed by atoms with Gasteiger partial charge >= 0.3 is 0 Å². The molecular formula is C13H19FN2O2S. The standard InChI is InChI=1S/C13H19FN2O2S/c1-16(13-4-5-19(17,18)9-13)8-11-6-12(14)3-2-10(11)7-15/h2-3,6,13H,4-5,7-9,15H2,1H3. The Hall–Kier alpha value is -0.980. The molecule has 1 aliphatic rings. The second-order valence-electron chi connectivity index (χ2n) is 5.09. The van der Waals surface area contributed by atoms with E-state index in [1.54, 1.807) is 6.07 Å². The molecule has 1 aliphatic heterocycles. The fourth-order valence-electron chi connectivity index (χ4n) is 2.46. The molecule has 1 heterocycles. The Morgan fingerprint density at radius 3 is 2.74 bits per heavy atom. The van der Waals surface area contributed by atoms with E-state index in [4.69, 9.17) is 5.73 Å². The van der Waals surface area contributed by atoms with Crippen LogP contribution >= 0.6 is 0 Å². The first-order chi connectivity index (χ1) is 8.91. The van der Waals surface area contributed by atoms with Crippen molar-refractivity contribution in [3.8, 4) is 0 Å². The van der Waals surface area contributed by atoms with Gasteiger partial charge in [-0.3, -0.25) is 4.90 Å². The average Bonchev–Trinajstić information content (AvgIpc) is 2.70. The highest BCUT2D eigenvalue weighted by atomic mass is 32.2. The summed E-state index contributed by atoms with van der Waals surface area (Å²) in [7, 11) is -1.03. The molecule has 1 aromatic rings. The van der Waals surface area contributed by atoms with Crippen LogP contribution in [-0.2, 0) is 22.9 Å². The molecule has 19 heavy (non-hydrogen) atoms. The Balaban J connectivity index is 2.11. The number of hydrogen-bond acceptors (Lipinski definition) is 4. The van der Waals surface area contributed by atoms with Crippen LogP contribution in [0.25, 0.3) is 0 Å². The summed E-state index contributed by atoms with van der Waals surface area (Å²) in [6, 6.07) is 4.57. The van der Waals surface area contributed by atoms with Gasteiger partial charge in [0.05, 0.1) is 11.5 Å². The van der Waals surface area contributed by atoms with Gasteiger partial charge in [-0.15, -0.1) is 0 Å². The van der Waals surface area contributed by atoms with Crippen LogP contribution in [0.2, 0.25) is 0 Å². The molecule has 1 saturated heterocycles. The SMILES string of the molecule is CN(Cc1cc(F)ccc1CN)C1CCS(=O)(=O)C1. The molecule has 0 amide bonds. The molecule has 0 saturated carbocycles. The minimum absolute atomic E-state index is 0.0129. The van der Waals surface area contributed by atoms with E-state index < -0.39 is 9.84 Å². The summed E-state index contributed by atoms with van der Waals surface area (Å²) in [5.41, 5.74) is 7.36. The number of nitrogens with two attached hydrogens (primary N) is 1. The van der Waals surface area contributed by atoms with Crippen molar-refractivity contribution in [1.82, 2.24) is 4.90 Å². The summed E-state index contributed by atoms with van der Waals surface area (Å²) < 4.78 is 36.2. The summed E-state index contributed by atoms with van der Waals surface area (Å²) in [4.78, 5) is 1.97. The molecule has 6 heteroatoms. The maximum Gasteiger partial charge on any atom is 0.151 e. The molecule has 0 aliphatic carbocycles. The van der Waals surface area contributed by atoms with Crippen LogP contribution in [0.1, 0.15) is 17.5 Å². The predicted octanol–water partition coefficient (Wildman–Crippen LogP) is 0.903. The van der Waals surface area contributed by atoms with Crippen LogP contribution in [0.4, 0.5) is 4.39 Å². The van der Waals surface area contributed by atoms with Crippen molar-refractivity contribution in [1.29, 1.82) is 0 Å². The lowest BCUT2D eigenvalue weighted by Gasteiger charge is -2.24. The third kappa shape index (κ3) is 3.52. The first kappa shape index (κ1) is 14.4. The lowest BCUT2D eigenvalue weighted by Crippen LogP contribution is -2.32. The molecule has 1 unspecified atom stereocenters. The minimum atomic E-state index is -2.90. The van der Waals surface area contributed by atoms with Crippen LogP contribution < -0.4 is 5.73 Å². The Bertz CT molecular complexity index is 560. The smallest absolute Gasteiger partial charge is 0.151 e. The molecule has 0 aromatic heterocycles. The maximum absolute atomic E-state index is 13.3. The summed E-state index contributed by atoms with van der Waals surface area (Å²) >= 11 is 0. The molecule has 0 radical (unpaired) electrons. The largest absolute Gasteiger partial charge is 0.326 e. The van der Waals surface area contributed by atoms with Crippen molar-refractivity contribution < 1.29 is 12.8 Å². The van der Waals surface area contributed by atoms with E-state index >= 15 is 0 Å². The predicted molar refractivity (Wildman–Crippen MR) is 72.8 cm³/mol. The molecule has 0 spiro atoms. The van der Waals surface area contributed by atoms with E-state index in [0.29, 0.717) is 19.5 Å². The van der Waals surface area contributed by atoms with Crippen LogP contribution in [0.3, 0.4) is 0 Å². The van der Waals surface area contributed by atoms with Crippen LogP contribution in [0.5, 0.6) is 0 Å². The fourth-order valence-corrected chi connectivity index (χ4v) is 4.27. The van der Waals surface area contributed by atoms with Gasteiger partial charge in [-0.25, -0.2) is 12.8 Å². The zero-order valence-electron chi connectivity index (χ0n) is 11.0. The van der Waals surface area contributed by atoms with Gasteiger partial charge in [0.2, 0.25) is 0 Å². The highest BCUT2D eigenvalue weighted by Gasteiger charge is 2.30. The highest BCUT2D eigenvalue weighted by molar-refractivity contribution is 7.91. The quantitative estimate of drug-likeness (QED) is 0.893.